The largest absolute Gasteiger partial charge is 0.296 e. The zero-order chi connectivity index (χ0) is 16.7. The Kier molecular flexibility index (Phi) is 3.66. The highest BCUT2D eigenvalue weighted by Crippen LogP contribution is 2.35. The maximum atomic E-state index is 11.4. The summed E-state index contributed by atoms with van der Waals surface area (Å²) in [6.45, 7) is 1.90. The van der Waals surface area contributed by atoms with E-state index in [1.807, 2.05) is 55.5 Å². The number of nitrogens with zero attached hydrogens (tertiary/aromatic N) is 3. The second-order valence-electron chi connectivity index (χ2n) is 5.61. The highest BCUT2D eigenvalue weighted by molar-refractivity contribution is 7.80. The van der Waals surface area contributed by atoms with Crippen molar-refractivity contribution >= 4 is 43.5 Å². The topological polar surface area (TPSA) is 47.8 Å². The van der Waals surface area contributed by atoms with Crippen molar-refractivity contribution < 1.29 is 4.79 Å². The number of benzene rings is 2. The van der Waals surface area contributed by atoms with Crippen LogP contribution in [-0.4, -0.2) is 35.1 Å². The van der Waals surface area contributed by atoms with Gasteiger partial charge in [-0.05, 0) is 37.7 Å². The monoisotopic (exact) mass is 329 g/mol. The Hall–Kier alpha value is -2.52. The Balaban J connectivity index is 1.99. The van der Waals surface area contributed by atoms with Crippen LogP contribution < -0.4 is 0 Å². The first-order valence-electron chi connectivity index (χ1n) is 7.49. The third-order valence-electron chi connectivity index (χ3n) is 4.08. The summed E-state index contributed by atoms with van der Waals surface area (Å²) in [5, 5.41) is 7.37. The lowest BCUT2D eigenvalue weighted by atomic mass is 9.99. The third kappa shape index (κ3) is 2.33. The van der Waals surface area contributed by atoms with E-state index in [1.165, 1.54) is 0 Å². The van der Waals surface area contributed by atoms with Crippen molar-refractivity contribution in [2.75, 3.05) is 6.66 Å². The van der Waals surface area contributed by atoms with Gasteiger partial charge < -0.3 is 0 Å². The molecular weight excluding hydrogens is 316 g/mol. The Labute approximate surface area is 141 Å². The number of carbonyl (C=O) groups is 1. The molecule has 2 radical (unpaired) electrons. The van der Waals surface area contributed by atoms with Crippen molar-refractivity contribution in [3.8, 4) is 11.1 Å². The Morgan fingerprint density at radius 1 is 1.12 bits per heavy atom. The van der Waals surface area contributed by atoms with Gasteiger partial charge in [0.15, 0.2) is 6.29 Å². The van der Waals surface area contributed by atoms with Crippen LogP contribution in [0.4, 0.5) is 0 Å². The lowest BCUT2D eigenvalue weighted by molar-refractivity contribution is 0.112. The quantitative estimate of drug-likeness (QED) is 0.324. The molecule has 2 aromatic carbocycles. The lowest BCUT2D eigenvalue weighted by Crippen LogP contribution is -1.93. The SMILES string of the molecule is [B]P(C)n1nc(C=O)c2cc(-c3cncc4ccccc34)ccc21. The first kappa shape index (κ1) is 15.0. The molecule has 1 unspecified atom stereocenters. The molecule has 2 aromatic heterocycles. The Bertz CT molecular complexity index is 1070. The highest BCUT2D eigenvalue weighted by atomic mass is 31.1. The highest BCUT2D eigenvalue weighted by Gasteiger charge is 2.13. The summed E-state index contributed by atoms with van der Waals surface area (Å²) in [5.41, 5.74) is 3.34. The minimum atomic E-state index is -0.938. The number of pyridine rings is 1. The molecule has 0 fully saturated rings. The van der Waals surface area contributed by atoms with Crippen molar-refractivity contribution in [3.63, 3.8) is 0 Å². The molecule has 0 spiro atoms. The molecule has 0 N–H and O–H groups in total. The number of aromatic nitrogens is 3. The predicted molar refractivity (Wildman–Crippen MR) is 99.9 cm³/mol. The summed E-state index contributed by atoms with van der Waals surface area (Å²) in [5.74, 6) is 0. The smallest absolute Gasteiger partial charge is 0.170 e. The summed E-state index contributed by atoms with van der Waals surface area (Å²) in [6.07, 6.45) is 4.48. The van der Waals surface area contributed by atoms with Crippen LogP contribution in [0.15, 0.2) is 54.9 Å². The standard InChI is InChI=1S/C18H13BN3OP/c1-24(19)22-18-7-6-12(8-15(18)17(11-23)21-22)16-10-20-9-13-4-2-3-5-14(13)16/h2-11H,1H3. The Morgan fingerprint density at radius 2 is 1.96 bits per heavy atom. The lowest BCUT2D eigenvalue weighted by Gasteiger charge is -2.09. The van der Waals surface area contributed by atoms with Crippen molar-refractivity contribution in [2.24, 2.45) is 0 Å². The van der Waals surface area contributed by atoms with Crippen molar-refractivity contribution in [1.82, 2.24) is 14.5 Å². The number of aldehydes is 1. The molecule has 0 saturated heterocycles. The maximum Gasteiger partial charge on any atom is 0.170 e. The van der Waals surface area contributed by atoms with Gasteiger partial charge in [-0.25, -0.2) is 0 Å². The molecule has 4 rings (SSSR count). The number of hydrogen-bond donors (Lipinski definition) is 0. The number of hydrogen-bond acceptors (Lipinski definition) is 3. The third-order valence-corrected chi connectivity index (χ3v) is 4.98. The van der Waals surface area contributed by atoms with Crippen LogP contribution in [0.1, 0.15) is 10.5 Å². The zero-order valence-corrected chi connectivity index (χ0v) is 13.9. The minimum Gasteiger partial charge on any atom is -0.296 e. The summed E-state index contributed by atoms with van der Waals surface area (Å²) in [6, 6.07) is 14.1. The van der Waals surface area contributed by atoms with Crippen LogP contribution >= 0.6 is 7.95 Å². The van der Waals surface area contributed by atoms with E-state index in [0.717, 1.165) is 39.1 Å². The molecule has 0 aliphatic carbocycles. The Morgan fingerprint density at radius 3 is 2.75 bits per heavy atom. The van der Waals surface area contributed by atoms with Crippen LogP contribution in [0.3, 0.4) is 0 Å². The second kappa shape index (κ2) is 5.84. The molecule has 0 saturated carbocycles. The molecule has 4 aromatic rings. The van der Waals surface area contributed by atoms with E-state index in [2.05, 4.69) is 16.1 Å². The summed E-state index contributed by atoms with van der Waals surface area (Å²) in [4.78, 5) is 15.7. The molecule has 0 aliphatic heterocycles. The molecule has 24 heavy (non-hydrogen) atoms. The fourth-order valence-corrected chi connectivity index (χ4v) is 3.72. The predicted octanol–water partition coefficient (Wildman–Crippen LogP) is 4.02. The van der Waals surface area contributed by atoms with Crippen molar-refractivity contribution in [1.29, 1.82) is 0 Å². The van der Waals surface area contributed by atoms with Crippen LogP contribution in [0, 0.1) is 0 Å². The molecule has 6 heteroatoms. The van der Waals surface area contributed by atoms with E-state index in [1.54, 1.807) is 4.45 Å². The molecule has 4 nitrogen and oxygen atoms in total. The van der Waals surface area contributed by atoms with Crippen molar-refractivity contribution in [2.45, 2.75) is 0 Å². The van der Waals surface area contributed by atoms with E-state index in [4.69, 9.17) is 7.57 Å². The first-order chi connectivity index (χ1) is 11.7. The van der Waals surface area contributed by atoms with Crippen LogP contribution in [0.5, 0.6) is 0 Å². The van der Waals surface area contributed by atoms with Gasteiger partial charge in [0.2, 0.25) is 0 Å². The van der Waals surface area contributed by atoms with Crippen LogP contribution in [0.25, 0.3) is 32.8 Å². The summed E-state index contributed by atoms with van der Waals surface area (Å²) >= 11 is 0. The van der Waals surface area contributed by atoms with E-state index in [0.29, 0.717) is 5.69 Å². The van der Waals surface area contributed by atoms with Gasteiger partial charge in [0.25, 0.3) is 0 Å². The van der Waals surface area contributed by atoms with E-state index >= 15 is 0 Å². The number of rotatable bonds is 3. The molecule has 2 heterocycles. The van der Waals surface area contributed by atoms with Gasteiger partial charge in [-0.3, -0.25) is 14.2 Å². The van der Waals surface area contributed by atoms with Gasteiger partial charge >= 0.3 is 0 Å². The van der Waals surface area contributed by atoms with E-state index in [9.17, 15) is 4.79 Å². The zero-order valence-electron chi connectivity index (χ0n) is 13.0. The average molecular weight is 329 g/mol. The van der Waals surface area contributed by atoms with Gasteiger partial charge in [-0.1, -0.05) is 30.3 Å². The first-order valence-corrected chi connectivity index (χ1v) is 9.30. The van der Waals surface area contributed by atoms with Gasteiger partial charge in [-0.15, -0.1) is 0 Å². The number of carbonyl (C=O) groups excluding carboxylic acids is 1. The molecule has 0 amide bonds. The van der Waals surface area contributed by atoms with E-state index in [-0.39, 0.29) is 0 Å². The van der Waals surface area contributed by atoms with E-state index < -0.39 is 7.95 Å². The van der Waals surface area contributed by atoms with Crippen molar-refractivity contribution in [3.05, 3.63) is 60.6 Å². The molecule has 0 aliphatic rings. The molecule has 0 bridgehead atoms. The van der Waals surface area contributed by atoms with Crippen LogP contribution in [0.2, 0.25) is 0 Å². The van der Waals surface area contributed by atoms with Gasteiger partial charge in [-0.2, -0.15) is 5.10 Å². The fraction of sp³-hybridized carbons (Fsp3) is 0.0556. The minimum absolute atomic E-state index is 0.417. The molecular formula is C18H13BN3OP. The summed E-state index contributed by atoms with van der Waals surface area (Å²) < 4.78 is 1.74. The second-order valence-corrected chi connectivity index (χ2v) is 7.13. The van der Waals surface area contributed by atoms with Gasteiger partial charge in [0, 0.05) is 28.7 Å². The molecule has 1 atom stereocenters. The normalized spacial score (nSPS) is 12.5. The number of fused-ring (bicyclic) bond motifs is 2. The molecule has 114 valence electrons. The maximum absolute atomic E-state index is 11.4. The van der Waals surface area contributed by atoms with Crippen LogP contribution in [-0.2, 0) is 0 Å². The van der Waals surface area contributed by atoms with Gasteiger partial charge in [0.05, 0.1) is 5.52 Å². The van der Waals surface area contributed by atoms with Gasteiger partial charge in [0.1, 0.15) is 13.3 Å². The summed E-state index contributed by atoms with van der Waals surface area (Å²) in [7, 11) is 5.07. The fourth-order valence-electron chi connectivity index (χ4n) is 2.97. The average Bonchev–Trinajstić information content (AvgIpc) is 2.99.